The number of carbonyl (C=O) groups is 1. The predicted octanol–water partition coefficient (Wildman–Crippen LogP) is 0.286. The van der Waals surface area contributed by atoms with Crippen molar-refractivity contribution in [1.29, 1.82) is 0 Å². The molecule has 1 heterocycles. The summed E-state index contributed by atoms with van der Waals surface area (Å²) in [5.41, 5.74) is 0. The summed E-state index contributed by atoms with van der Waals surface area (Å²) < 4.78 is 0. The fourth-order valence-corrected chi connectivity index (χ4v) is 2.43. The van der Waals surface area contributed by atoms with E-state index >= 15 is 0 Å². The number of nitrogens with one attached hydrogen (secondary N) is 1. The maximum atomic E-state index is 11.2. The van der Waals surface area contributed by atoms with Crippen LogP contribution in [0.2, 0.25) is 0 Å². The average molecular weight is 244 g/mol. The minimum atomic E-state index is -0.779. The lowest BCUT2D eigenvalue weighted by Crippen LogP contribution is -2.48. The number of hydrogen-bond donors (Lipinski definition) is 3. The van der Waals surface area contributed by atoms with Crippen molar-refractivity contribution >= 4 is 5.97 Å². The molecule has 0 aromatic rings. The highest BCUT2D eigenvalue weighted by Crippen LogP contribution is 2.12. The van der Waals surface area contributed by atoms with Crippen LogP contribution in [0.3, 0.4) is 0 Å². The second kappa shape index (κ2) is 7.63. The third-order valence-electron chi connectivity index (χ3n) is 3.29. The molecule has 0 aromatic carbocycles. The molecule has 5 nitrogen and oxygen atoms in total. The largest absolute Gasteiger partial charge is 0.480 e. The zero-order chi connectivity index (χ0) is 12.7. The number of carboxylic acids is 1. The van der Waals surface area contributed by atoms with Crippen molar-refractivity contribution in [2.24, 2.45) is 0 Å². The van der Waals surface area contributed by atoms with E-state index in [0.717, 1.165) is 32.4 Å². The molecule has 100 valence electrons. The van der Waals surface area contributed by atoms with Gasteiger partial charge >= 0.3 is 5.97 Å². The summed E-state index contributed by atoms with van der Waals surface area (Å²) in [5, 5.41) is 21.7. The quantitative estimate of drug-likeness (QED) is 0.572. The first-order valence-electron chi connectivity index (χ1n) is 6.50. The maximum absolute atomic E-state index is 11.2. The van der Waals surface area contributed by atoms with Gasteiger partial charge in [0.1, 0.15) is 6.04 Å². The minimum absolute atomic E-state index is 0.0141. The molecule has 1 rings (SSSR count). The molecule has 5 heteroatoms. The van der Waals surface area contributed by atoms with Gasteiger partial charge in [-0.05, 0) is 25.8 Å². The van der Waals surface area contributed by atoms with E-state index in [9.17, 15) is 9.90 Å². The summed E-state index contributed by atoms with van der Waals surface area (Å²) in [7, 11) is 0. The molecule has 1 saturated heterocycles. The molecule has 0 aliphatic carbocycles. The standard InChI is InChI=1S/C12H24N2O3/c1-2-4-11(12(16)17)14(7-8-15)9-10-5-3-6-13-10/h10-11,13,15H,2-9H2,1H3,(H,16,17). The zero-order valence-corrected chi connectivity index (χ0v) is 10.6. The van der Waals surface area contributed by atoms with Gasteiger partial charge in [-0.2, -0.15) is 0 Å². The third-order valence-corrected chi connectivity index (χ3v) is 3.29. The van der Waals surface area contributed by atoms with Gasteiger partial charge in [0.15, 0.2) is 0 Å². The molecule has 3 N–H and O–H groups in total. The Labute approximate surface area is 103 Å². The Hall–Kier alpha value is -0.650. The van der Waals surface area contributed by atoms with Crippen molar-refractivity contribution in [2.75, 3.05) is 26.2 Å². The first-order chi connectivity index (χ1) is 8.19. The molecule has 0 radical (unpaired) electrons. The van der Waals surface area contributed by atoms with Gasteiger partial charge in [-0.25, -0.2) is 0 Å². The summed E-state index contributed by atoms with van der Waals surface area (Å²) >= 11 is 0. The van der Waals surface area contributed by atoms with Crippen LogP contribution in [0.1, 0.15) is 32.6 Å². The van der Waals surface area contributed by atoms with E-state index in [1.54, 1.807) is 0 Å². The molecule has 0 saturated carbocycles. The van der Waals surface area contributed by atoms with Crippen molar-refractivity contribution in [1.82, 2.24) is 10.2 Å². The van der Waals surface area contributed by atoms with E-state index in [0.29, 0.717) is 19.0 Å². The minimum Gasteiger partial charge on any atom is -0.480 e. The Morgan fingerprint density at radius 3 is 2.82 bits per heavy atom. The number of carboxylic acid groups (broad SMARTS) is 1. The van der Waals surface area contributed by atoms with Crippen molar-refractivity contribution in [2.45, 2.75) is 44.7 Å². The molecule has 17 heavy (non-hydrogen) atoms. The van der Waals surface area contributed by atoms with Gasteiger partial charge in [0.05, 0.1) is 6.61 Å². The van der Waals surface area contributed by atoms with E-state index in [-0.39, 0.29) is 6.61 Å². The van der Waals surface area contributed by atoms with Crippen LogP contribution in [0.4, 0.5) is 0 Å². The van der Waals surface area contributed by atoms with Gasteiger partial charge in [-0.1, -0.05) is 13.3 Å². The molecular weight excluding hydrogens is 220 g/mol. The van der Waals surface area contributed by atoms with E-state index in [4.69, 9.17) is 5.11 Å². The zero-order valence-electron chi connectivity index (χ0n) is 10.6. The molecule has 2 atom stereocenters. The third kappa shape index (κ3) is 4.61. The van der Waals surface area contributed by atoms with E-state index in [1.165, 1.54) is 0 Å². The van der Waals surface area contributed by atoms with Crippen molar-refractivity contribution < 1.29 is 15.0 Å². The molecule has 0 aromatic heterocycles. The van der Waals surface area contributed by atoms with Crippen LogP contribution in [-0.2, 0) is 4.79 Å². The monoisotopic (exact) mass is 244 g/mol. The first kappa shape index (κ1) is 14.4. The summed E-state index contributed by atoms with van der Waals surface area (Å²) in [6.07, 6.45) is 3.74. The molecule has 1 fully saturated rings. The summed E-state index contributed by atoms with van der Waals surface area (Å²) in [4.78, 5) is 13.1. The van der Waals surface area contributed by atoms with Gasteiger partial charge in [-0.15, -0.1) is 0 Å². The molecule has 1 aliphatic rings. The Morgan fingerprint density at radius 2 is 2.35 bits per heavy atom. The Bertz CT molecular complexity index is 230. The van der Waals surface area contributed by atoms with Crippen LogP contribution in [-0.4, -0.2) is 59.4 Å². The number of hydrogen-bond acceptors (Lipinski definition) is 4. The molecule has 2 unspecified atom stereocenters. The number of rotatable bonds is 8. The van der Waals surface area contributed by atoms with Crippen molar-refractivity contribution in [3.05, 3.63) is 0 Å². The van der Waals surface area contributed by atoms with Crippen LogP contribution < -0.4 is 5.32 Å². The highest BCUT2D eigenvalue weighted by Gasteiger charge is 2.27. The molecule has 1 aliphatic heterocycles. The number of aliphatic hydroxyl groups is 1. The van der Waals surface area contributed by atoms with Crippen LogP contribution in [0.25, 0.3) is 0 Å². The second-order valence-electron chi connectivity index (χ2n) is 4.65. The second-order valence-corrected chi connectivity index (χ2v) is 4.65. The summed E-state index contributed by atoms with van der Waals surface area (Å²) in [5.74, 6) is -0.779. The lowest BCUT2D eigenvalue weighted by atomic mass is 10.1. The topological polar surface area (TPSA) is 72.8 Å². The van der Waals surface area contributed by atoms with Gasteiger partial charge < -0.3 is 15.5 Å². The summed E-state index contributed by atoms with van der Waals surface area (Å²) in [6, 6.07) is -0.0881. The molecule has 0 spiro atoms. The van der Waals surface area contributed by atoms with Crippen molar-refractivity contribution in [3.8, 4) is 0 Å². The highest BCUT2D eigenvalue weighted by atomic mass is 16.4. The van der Waals surface area contributed by atoms with Crippen LogP contribution in [0, 0.1) is 0 Å². The Morgan fingerprint density at radius 1 is 1.59 bits per heavy atom. The van der Waals surface area contributed by atoms with Gasteiger partial charge in [-0.3, -0.25) is 9.69 Å². The first-order valence-corrected chi connectivity index (χ1v) is 6.50. The molecule has 0 bridgehead atoms. The van der Waals surface area contributed by atoms with E-state index in [2.05, 4.69) is 5.32 Å². The Kier molecular flexibility index (Phi) is 6.47. The number of nitrogens with zero attached hydrogens (tertiary/aromatic N) is 1. The molecular formula is C12H24N2O3. The maximum Gasteiger partial charge on any atom is 0.320 e. The van der Waals surface area contributed by atoms with Gasteiger partial charge in [0, 0.05) is 19.1 Å². The van der Waals surface area contributed by atoms with Crippen molar-refractivity contribution in [3.63, 3.8) is 0 Å². The lowest BCUT2D eigenvalue weighted by molar-refractivity contribution is -0.143. The smallest absolute Gasteiger partial charge is 0.320 e. The van der Waals surface area contributed by atoms with Crippen LogP contribution in [0.15, 0.2) is 0 Å². The van der Waals surface area contributed by atoms with Gasteiger partial charge in [0.25, 0.3) is 0 Å². The highest BCUT2D eigenvalue weighted by molar-refractivity contribution is 5.73. The van der Waals surface area contributed by atoms with Crippen LogP contribution >= 0.6 is 0 Å². The van der Waals surface area contributed by atoms with E-state index < -0.39 is 12.0 Å². The predicted molar refractivity (Wildman–Crippen MR) is 66.0 cm³/mol. The Balaban J connectivity index is 2.56. The number of aliphatic carboxylic acids is 1. The average Bonchev–Trinajstić information content (AvgIpc) is 2.78. The summed E-state index contributed by atoms with van der Waals surface area (Å²) in [6.45, 7) is 4.18. The lowest BCUT2D eigenvalue weighted by Gasteiger charge is -2.30. The fourth-order valence-electron chi connectivity index (χ4n) is 2.43. The fraction of sp³-hybridized carbons (Fsp3) is 0.917. The van der Waals surface area contributed by atoms with E-state index in [1.807, 2.05) is 11.8 Å². The SMILES string of the molecule is CCCC(C(=O)O)N(CCO)CC1CCCN1. The molecule has 0 amide bonds. The number of aliphatic hydroxyl groups excluding tert-OH is 1. The van der Waals surface area contributed by atoms with Crippen LogP contribution in [0.5, 0.6) is 0 Å². The van der Waals surface area contributed by atoms with Gasteiger partial charge in [0.2, 0.25) is 0 Å². The normalized spacial score (nSPS) is 21.9.